The summed E-state index contributed by atoms with van der Waals surface area (Å²) in [5.41, 5.74) is 8.36. The number of rotatable bonds is 4. The van der Waals surface area contributed by atoms with E-state index in [1.165, 1.54) is 23.6 Å². The highest BCUT2D eigenvalue weighted by atomic mass is 32.1. The average molecular weight is 410 g/mol. The smallest absolute Gasteiger partial charge is 0.222 e. The van der Waals surface area contributed by atoms with Crippen LogP contribution in [0, 0.1) is 18.6 Å². The maximum Gasteiger partial charge on any atom is 0.222 e. The highest BCUT2D eigenvalue weighted by Crippen LogP contribution is 2.41. The van der Waals surface area contributed by atoms with Crippen LogP contribution >= 0.6 is 11.3 Å². The number of nitrogen functional groups attached to an aromatic ring is 1. The molecule has 6 nitrogen and oxygen atoms in total. The van der Waals surface area contributed by atoms with Gasteiger partial charge in [-0.2, -0.15) is 0 Å². The quantitative estimate of drug-likeness (QED) is 0.480. The molecule has 0 aliphatic carbocycles. The Morgan fingerprint density at radius 2 is 1.93 bits per heavy atom. The number of pyridine rings is 1. The molecule has 9 heteroatoms. The number of hydrogen-bond acceptors (Lipinski definition) is 7. The summed E-state index contributed by atoms with van der Waals surface area (Å²) in [6.45, 7) is 1.83. The summed E-state index contributed by atoms with van der Waals surface area (Å²) in [5.74, 6) is -0.625. The Hall–Kier alpha value is -3.46. The number of nitrogens with two attached hydrogens (primary N) is 1. The summed E-state index contributed by atoms with van der Waals surface area (Å²) in [6, 6.07) is 6.28. The molecule has 0 spiro atoms. The van der Waals surface area contributed by atoms with Crippen molar-refractivity contribution in [2.24, 2.45) is 0 Å². The Morgan fingerprint density at radius 3 is 2.69 bits per heavy atom. The third kappa shape index (κ3) is 3.64. The van der Waals surface area contributed by atoms with Crippen LogP contribution in [-0.2, 0) is 0 Å². The number of benzene rings is 1. The molecule has 3 heterocycles. The summed E-state index contributed by atoms with van der Waals surface area (Å²) in [5, 5.41) is 3.37. The van der Waals surface area contributed by atoms with Crippen LogP contribution in [0.1, 0.15) is 5.56 Å². The van der Waals surface area contributed by atoms with Crippen molar-refractivity contribution in [2.45, 2.75) is 6.92 Å². The van der Waals surface area contributed by atoms with Crippen molar-refractivity contribution in [3.63, 3.8) is 0 Å². The summed E-state index contributed by atoms with van der Waals surface area (Å²) in [6.07, 6.45) is 4.22. The number of nitrogens with one attached hydrogen (secondary N) is 1. The summed E-state index contributed by atoms with van der Waals surface area (Å²) < 4.78 is 28.6. The maximum atomic E-state index is 14.9. The number of halogens is 2. The number of nitrogens with zero attached hydrogens (tertiary/aromatic N) is 4. The predicted octanol–water partition coefficient (Wildman–Crippen LogP) is 4.54. The fraction of sp³-hybridized carbons (Fsp3) is 0.100. The normalized spacial score (nSPS) is 10.9. The molecular weight excluding hydrogens is 394 g/mol. The second-order valence-corrected chi connectivity index (χ2v) is 7.32. The molecule has 0 atom stereocenters. The van der Waals surface area contributed by atoms with Gasteiger partial charge in [0.1, 0.15) is 10.8 Å². The third-order valence-corrected chi connectivity index (χ3v) is 5.32. The van der Waals surface area contributed by atoms with Crippen molar-refractivity contribution in [3.8, 4) is 32.4 Å². The SMILES string of the molecule is CNc1nccc(-c2sc(-c3cncc(F)c3)nc2-c2cc(C)cc(N)c2F)n1. The first kappa shape index (κ1) is 18.9. The Bertz CT molecular complexity index is 1210. The zero-order valence-corrected chi connectivity index (χ0v) is 16.4. The topological polar surface area (TPSA) is 89.6 Å². The van der Waals surface area contributed by atoms with Gasteiger partial charge in [-0.25, -0.2) is 23.7 Å². The molecule has 0 fully saturated rings. The Morgan fingerprint density at radius 1 is 1.10 bits per heavy atom. The molecule has 29 heavy (non-hydrogen) atoms. The van der Waals surface area contributed by atoms with E-state index in [1.54, 1.807) is 31.4 Å². The zero-order chi connectivity index (χ0) is 20.5. The minimum Gasteiger partial charge on any atom is -0.396 e. The van der Waals surface area contributed by atoms with E-state index in [-0.39, 0.29) is 11.3 Å². The molecule has 3 N–H and O–H groups in total. The molecule has 3 aromatic heterocycles. The van der Waals surface area contributed by atoms with Crippen molar-refractivity contribution in [3.05, 3.63) is 60.1 Å². The summed E-state index contributed by atoms with van der Waals surface area (Å²) >= 11 is 1.27. The molecule has 0 saturated heterocycles. The van der Waals surface area contributed by atoms with Gasteiger partial charge in [-0.15, -0.1) is 11.3 Å². The van der Waals surface area contributed by atoms with E-state index in [2.05, 4.69) is 25.3 Å². The number of aromatic nitrogens is 4. The first-order valence-corrected chi connectivity index (χ1v) is 9.47. The van der Waals surface area contributed by atoms with E-state index in [1.807, 2.05) is 6.92 Å². The molecular formula is C20H16F2N6S. The van der Waals surface area contributed by atoms with Crippen LogP contribution in [0.15, 0.2) is 42.9 Å². The van der Waals surface area contributed by atoms with E-state index in [0.717, 1.165) is 11.8 Å². The molecule has 0 amide bonds. The summed E-state index contributed by atoms with van der Waals surface area (Å²) in [4.78, 5) is 17.7. The monoisotopic (exact) mass is 410 g/mol. The Labute approximate surface area is 169 Å². The third-order valence-electron chi connectivity index (χ3n) is 4.19. The molecule has 146 valence electrons. The van der Waals surface area contributed by atoms with Crippen LogP contribution in [0.4, 0.5) is 20.4 Å². The highest BCUT2D eigenvalue weighted by Gasteiger charge is 2.21. The Kier molecular flexibility index (Phi) is 4.89. The van der Waals surface area contributed by atoms with E-state index in [9.17, 15) is 8.78 Å². The van der Waals surface area contributed by atoms with Gasteiger partial charge < -0.3 is 11.1 Å². The molecule has 0 radical (unpaired) electrons. The molecule has 0 saturated carbocycles. The molecule has 0 aliphatic rings. The number of aryl methyl sites for hydroxylation is 1. The molecule has 0 bridgehead atoms. The number of thiazole rings is 1. The van der Waals surface area contributed by atoms with E-state index < -0.39 is 11.6 Å². The van der Waals surface area contributed by atoms with Gasteiger partial charge in [0.05, 0.1) is 28.1 Å². The van der Waals surface area contributed by atoms with E-state index in [0.29, 0.717) is 32.8 Å². The van der Waals surface area contributed by atoms with Gasteiger partial charge in [-0.05, 0) is 36.8 Å². The van der Waals surface area contributed by atoms with Gasteiger partial charge in [0, 0.05) is 30.6 Å². The van der Waals surface area contributed by atoms with Gasteiger partial charge in [0.15, 0.2) is 5.82 Å². The van der Waals surface area contributed by atoms with E-state index in [4.69, 9.17) is 5.73 Å². The highest BCUT2D eigenvalue weighted by molar-refractivity contribution is 7.18. The second kappa shape index (κ2) is 7.51. The van der Waals surface area contributed by atoms with Crippen LogP contribution in [0.5, 0.6) is 0 Å². The van der Waals surface area contributed by atoms with Gasteiger partial charge in [-0.3, -0.25) is 4.98 Å². The second-order valence-electron chi connectivity index (χ2n) is 6.32. The fourth-order valence-corrected chi connectivity index (χ4v) is 3.93. The van der Waals surface area contributed by atoms with Crippen molar-refractivity contribution in [1.29, 1.82) is 0 Å². The maximum absolute atomic E-state index is 14.9. The number of anilines is 2. The minimum absolute atomic E-state index is 0.0338. The fourth-order valence-electron chi connectivity index (χ4n) is 2.90. The van der Waals surface area contributed by atoms with Crippen LogP contribution in [-0.4, -0.2) is 27.0 Å². The largest absolute Gasteiger partial charge is 0.396 e. The standard InChI is InChI=1S/C20H16F2N6S/c1-10-5-13(16(22)14(23)6-10)17-18(15-3-4-26-20(24-2)27-15)29-19(28-17)11-7-12(21)9-25-8-11/h3-9H,23H2,1-2H3,(H,24,26,27). The lowest BCUT2D eigenvalue weighted by molar-refractivity contribution is 0.622. The first-order chi connectivity index (χ1) is 14.0. The average Bonchev–Trinajstić information content (AvgIpc) is 3.16. The van der Waals surface area contributed by atoms with Crippen molar-refractivity contribution in [1.82, 2.24) is 19.9 Å². The lowest BCUT2D eigenvalue weighted by atomic mass is 10.0. The van der Waals surface area contributed by atoms with Crippen molar-refractivity contribution < 1.29 is 8.78 Å². The Balaban J connectivity index is 1.98. The van der Waals surface area contributed by atoms with Crippen LogP contribution in [0.2, 0.25) is 0 Å². The lowest BCUT2D eigenvalue weighted by Gasteiger charge is -2.08. The van der Waals surface area contributed by atoms with E-state index >= 15 is 0 Å². The zero-order valence-electron chi connectivity index (χ0n) is 15.6. The molecule has 1 aromatic carbocycles. The summed E-state index contributed by atoms with van der Waals surface area (Å²) in [7, 11) is 1.71. The molecule has 0 unspecified atom stereocenters. The minimum atomic E-state index is -0.561. The lowest BCUT2D eigenvalue weighted by Crippen LogP contribution is -1.98. The van der Waals surface area contributed by atoms with Gasteiger partial charge in [0.25, 0.3) is 0 Å². The van der Waals surface area contributed by atoms with Crippen LogP contribution < -0.4 is 11.1 Å². The molecule has 4 aromatic rings. The predicted molar refractivity (Wildman–Crippen MR) is 110 cm³/mol. The van der Waals surface area contributed by atoms with Crippen LogP contribution in [0.3, 0.4) is 0 Å². The number of hydrogen-bond donors (Lipinski definition) is 2. The van der Waals surface area contributed by atoms with Gasteiger partial charge in [-0.1, -0.05) is 0 Å². The van der Waals surface area contributed by atoms with Crippen molar-refractivity contribution >= 4 is 23.0 Å². The van der Waals surface area contributed by atoms with Gasteiger partial charge >= 0.3 is 0 Å². The molecule has 4 rings (SSSR count). The van der Waals surface area contributed by atoms with Crippen molar-refractivity contribution in [2.75, 3.05) is 18.1 Å². The van der Waals surface area contributed by atoms with Crippen LogP contribution in [0.25, 0.3) is 32.4 Å². The van der Waals surface area contributed by atoms with Gasteiger partial charge in [0.2, 0.25) is 5.95 Å². The molecule has 0 aliphatic heterocycles. The first-order valence-electron chi connectivity index (χ1n) is 8.65.